The molecule has 1 aliphatic rings. The van der Waals surface area contributed by atoms with Gasteiger partial charge in [-0.15, -0.1) is 11.6 Å². The second-order valence-electron chi connectivity index (χ2n) is 5.07. The van der Waals surface area contributed by atoms with Gasteiger partial charge in [0.05, 0.1) is 0 Å². The third-order valence-corrected chi connectivity index (χ3v) is 4.09. The Morgan fingerprint density at radius 2 is 1.80 bits per heavy atom. The first-order valence-electron chi connectivity index (χ1n) is 6.76. The normalized spacial score (nSPS) is 17.6. The van der Waals surface area contributed by atoms with Crippen molar-refractivity contribution in [2.24, 2.45) is 0 Å². The van der Waals surface area contributed by atoms with Crippen molar-refractivity contribution >= 4 is 17.5 Å². The Bertz CT molecular complexity index is 611. The molecule has 2 aromatic carbocycles. The maximum atomic E-state index is 11.9. The Labute approximate surface area is 124 Å². The number of fused-ring (bicyclic) bond motifs is 1. The molecule has 0 aromatic heterocycles. The fourth-order valence-corrected chi connectivity index (χ4v) is 3.02. The van der Waals surface area contributed by atoms with Crippen LogP contribution in [-0.2, 0) is 11.3 Å². The Hall–Kier alpha value is -1.80. The molecule has 0 radical (unpaired) electrons. The summed E-state index contributed by atoms with van der Waals surface area (Å²) in [6.07, 6.45) is 0. The van der Waals surface area contributed by atoms with Crippen molar-refractivity contribution in [2.75, 3.05) is 12.4 Å². The van der Waals surface area contributed by atoms with Crippen LogP contribution in [0.4, 0.5) is 0 Å². The van der Waals surface area contributed by atoms with Crippen LogP contribution >= 0.6 is 11.6 Å². The molecule has 0 spiro atoms. The van der Waals surface area contributed by atoms with Crippen molar-refractivity contribution in [3.05, 3.63) is 71.3 Å². The van der Waals surface area contributed by atoms with Crippen molar-refractivity contribution in [1.82, 2.24) is 4.90 Å². The highest BCUT2D eigenvalue weighted by Gasteiger charge is 2.28. The summed E-state index contributed by atoms with van der Waals surface area (Å²) in [5.74, 6) is 0.277. The fraction of sp³-hybridized carbons (Fsp3) is 0.235. The Kier molecular flexibility index (Phi) is 3.75. The molecule has 0 N–H and O–H groups in total. The van der Waals surface area contributed by atoms with Crippen LogP contribution in [0.25, 0.3) is 0 Å². The first-order chi connectivity index (χ1) is 9.79. The van der Waals surface area contributed by atoms with Crippen molar-refractivity contribution in [2.45, 2.75) is 12.5 Å². The minimum atomic E-state index is 0.00195. The van der Waals surface area contributed by atoms with Crippen LogP contribution in [0.3, 0.4) is 0 Å². The Balaban J connectivity index is 2.02. The third kappa shape index (κ3) is 2.44. The van der Waals surface area contributed by atoms with Gasteiger partial charge in [-0.2, -0.15) is 0 Å². The molecular weight excluding hydrogens is 270 g/mol. The molecule has 0 saturated heterocycles. The third-order valence-electron chi connectivity index (χ3n) is 3.86. The molecule has 2 nitrogen and oxygen atoms in total. The summed E-state index contributed by atoms with van der Waals surface area (Å²) >= 11 is 5.71. The molecule has 2 aromatic rings. The van der Waals surface area contributed by atoms with Crippen molar-refractivity contribution in [3.8, 4) is 0 Å². The molecule has 0 unspecified atom stereocenters. The number of rotatable bonds is 2. The van der Waals surface area contributed by atoms with Gasteiger partial charge in [0.25, 0.3) is 0 Å². The van der Waals surface area contributed by atoms with Gasteiger partial charge in [-0.1, -0.05) is 54.6 Å². The van der Waals surface area contributed by atoms with Crippen LogP contribution in [0.2, 0.25) is 0 Å². The van der Waals surface area contributed by atoms with Crippen LogP contribution in [-0.4, -0.2) is 23.2 Å². The van der Waals surface area contributed by atoms with Crippen LogP contribution < -0.4 is 0 Å². The van der Waals surface area contributed by atoms with Crippen LogP contribution in [0.1, 0.15) is 22.6 Å². The summed E-state index contributed by atoms with van der Waals surface area (Å²) in [6, 6.07) is 18.7. The van der Waals surface area contributed by atoms with Gasteiger partial charge >= 0.3 is 0 Å². The maximum Gasteiger partial charge on any atom is 0.237 e. The van der Waals surface area contributed by atoms with Gasteiger partial charge in [0, 0.05) is 19.0 Å². The molecule has 0 saturated carbocycles. The van der Waals surface area contributed by atoms with E-state index in [2.05, 4.69) is 30.3 Å². The molecule has 0 fully saturated rings. The monoisotopic (exact) mass is 285 g/mol. The molecular formula is C17H16ClNO. The number of halogens is 1. The molecule has 1 atom stereocenters. The second-order valence-corrected chi connectivity index (χ2v) is 5.34. The summed E-state index contributed by atoms with van der Waals surface area (Å²) in [5.41, 5.74) is 3.77. The largest absolute Gasteiger partial charge is 0.336 e. The standard InChI is InChI=1S/C17H16ClNO/c18-10-17(20)19-11-14-8-4-5-9-15(14)16(12-19)13-6-2-1-3-7-13/h1-9,16H,10-12H2/t16-/m1/s1. The summed E-state index contributed by atoms with van der Waals surface area (Å²) in [6.45, 7) is 1.36. The lowest BCUT2D eigenvalue weighted by atomic mass is 9.85. The predicted molar refractivity (Wildman–Crippen MR) is 80.9 cm³/mol. The molecule has 20 heavy (non-hydrogen) atoms. The molecule has 3 rings (SSSR count). The number of alkyl halides is 1. The number of hydrogen-bond acceptors (Lipinski definition) is 1. The van der Waals surface area contributed by atoms with E-state index in [0.717, 1.165) is 0 Å². The molecule has 1 heterocycles. The van der Waals surface area contributed by atoms with E-state index in [-0.39, 0.29) is 17.7 Å². The van der Waals surface area contributed by atoms with E-state index < -0.39 is 0 Å². The lowest BCUT2D eigenvalue weighted by Gasteiger charge is -2.34. The first kappa shape index (κ1) is 13.2. The number of carbonyl (C=O) groups excluding carboxylic acids is 1. The van der Waals surface area contributed by atoms with Gasteiger partial charge in [-0.05, 0) is 16.7 Å². The van der Waals surface area contributed by atoms with Crippen molar-refractivity contribution in [3.63, 3.8) is 0 Å². The number of amides is 1. The molecule has 3 heteroatoms. The maximum absolute atomic E-state index is 11.9. The van der Waals surface area contributed by atoms with Crippen LogP contribution in [0.15, 0.2) is 54.6 Å². The lowest BCUT2D eigenvalue weighted by Crippen LogP contribution is -2.39. The van der Waals surface area contributed by atoms with E-state index >= 15 is 0 Å². The first-order valence-corrected chi connectivity index (χ1v) is 7.29. The SMILES string of the molecule is O=C(CCl)N1Cc2ccccc2[C@@H](c2ccccc2)C1. The van der Waals surface area contributed by atoms with Crippen LogP contribution in [0.5, 0.6) is 0 Å². The molecule has 0 bridgehead atoms. The van der Waals surface area contributed by atoms with Crippen molar-refractivity contribution < 1.29 is 4.79 Å². The number of benzene rings is 2. The number of carbonyl (C=O) groups is 1. The predicted octanol–water partition coefficient (Wildman–Crippen LogP) is 3.40. The Morgan fingerprint density at radius 3 is 2.55 bits per heavy atom. The summed E-state index contributed by atoms with van der Waals surface area (Å²) < 4.78 is 0. The average molecular weight is 286 g/mol. The number of nitrogens with zero attached hydrogens (tertiary/aromatic N) is 1. The zero-order chi connectivity index (χ0) is 13.9. The van der Waals surface area contributed by atoms with Crippen molar-refractivity contribution in [1.29, 1.82) is 0 Å². The van der Waals surface area contributed by atoms with E-state index in [0.29, 0.717) is 13.1 Å². The van der Waals surface area contributed by atoms with Gasteiger partial charge in [-0.3, -0.25) is 4.79 Å². The van der Waals surface area contributed by atoms with Gasteiger partial charge in [0.1, 0.15) is 5.88 Å². The number of hydrogen-bond donors (Lipinski definition) is 0. The lowest BCUT2D eigenvalue weighted by molar-refractivity contribution is -0.129. The van der Waals surface area contributed by atoms with Gasteiger partial charge < -0.3 is 4.90 Å². The van der Waals surface area contributed by atoms with Crippen LogP contribution in [0, 0.1) is 0 Å². The van der Waals surface area contributed by atoms with Gasteiger partial charge in [0.2, 0.25) is 5.91 Å². The van der Waals surface area contributed by atoms with Gasteiger partial charge in [0.15, 0.2) is 0 Å². The highest BCUT2D eigenvalue weighted by atomic mass is 35.5. The second kappa shape index (κ2) is 5.68. The summed E-state index contributed by atoms with van der Waals surface area (Å²) in [4.78, 5) is 13.8. The fourth-order valence-electron chi connectivity index (χ4n) is 2.85. The minimum absolute atomic E-state index is 0.00195. The highest BCUT2D eigenvalue weighted by molar-refractivity contribution is 6.27. The zero-order valence-corrected chi connectivity index (χ0v) is 11.9. The van der Waals surface area contributed by atoms with E-state index in [1.54, 1.807) is 0 Å². The Morgan fingerprint density at radius 1 is 1.10 bits per heavy atom. The summed E-state index contributed by atoms with van der Waals surface area (Å²) in [7, 11) is 0. The zero-order valence-electron chi connectivity index (χ0n) is 11.1. The minimum Gasteiger partial charge on any atom is -0.336 e. The quantitative estimate of drug-likeness (QED) is 0.775. The topological polar surface area (TPSA) is 20.3 Å². The smallest absolute Gasteiger partial charge is 0.237 e. The van der Waals surface area contributed by atoms with E-state index in [1.165, 1.54) is 16.7 Å². The van der Waals surface area contributed by atoms with E-state index in [1.807, 2.05) is 29.2 Å². The highest BCUT2D eigenvalue weighted by Crippen LogP contribution is 2.33. The summed E-state index contributed by atoms with van der Waals surface area (Å²) in [5, 5.41) is 0. The molecule has 1 amide bonds. The molecule has 102 valence electrons. The van der Waals surface area contributed by atoms with E-state index in [4.69, 9.17) is 11.6 Å². The van der Waals surface area contributed by atoms with E-state index in [9.17, 15) is 4.79 Å². The molecule has 0 aliphatic carbocycles. The molecule has 1 aliphatic heterocycles. The average Bonchev–Trinajstić information content (AvgIpc) is 2.54. The van der Waals surface area contributed by atoms with Gasteiger partial charge in [-0.25, -0.2) is 0 Å².